The molecule has 0 aliphatic heterocycles. The van der Waals surface area contributed by atoms with Gasteiger partial charge in [-0.05, 0) is 31.2 Å². The molecule has 3 rings (SSSR count). The van der Waals surface area contributed by atoms with Gasteiger partial charge in [0.25, 0.3) is 11.5 Å². The lowest BCUT2D eigenvalue weighted by molar-refractivity contribution is -0.137. The second-order valence-electron chi connectivity index (χ2n) is 8.31. The minimum Gasteiger partial charge on any atom is -0.481 e. The number of thiophene rings is 1. The average Bonchev–Trinajstić information content (AvgIpc) is 3.44. The highest BCUT2D eigenvalue weighted by Crippen LogP contribution is 2.25. The molecule has 0 aromatic carbocycles. The summed E-state index contributed by atoms with van der Waals surface area (Å²) < 4.78 is 2.65. The molecule has 2 N–H and O–H groups in total. The van der Waals surface area contributed by atoms with Gasteiger partial charge in [0.1, 0.15) is 11.5 Å². The molecule has 0 aliphatic rings. The minimum atomic E-state index is -0.979. The molecule has 0 saturated heterocycles. The lowest BCUT2D eigenvalue weighted by Gasteiger charge is -2.18. The lowest BCUT2D eigenvalue weighted by Crippen LogP contribution is -2.29. The van der Waals surface area contributed by atoms with E-state index in [1.54, 1.807) is 35.7 Å². The summed E-state index contributed by atoms with van der Waals surface area (Å²) >= 11 is 1.66. The average molecular weight is 503 g/mol. The maximum absolute atomic E-state index is 13.0. The highest BCUT2D eigenvalue weighted by molar-refractivity contribution is 7.11. The van der Waals surface area contributed by atoms with Gasteiger partial charge in [0.05, 0.1) is 18.5 Å². The SMILES string of the molecule is CC.CC.Cc1ccc(CNc2cc(-c3cccn(CCC(=O)O)c3=O)nn2C(=O)C(C)(C)C)s1. The third-order valence-electron chi connectivity index (χ3n) is 4.65. The highest BCUT2D eigenvalue weighted by atomic mass is 32.1. The van der Waals surface area contributed by atoms with Crippen LogP contribution < -0.4 is 10.9 Å². The molecule has 0 bridgehead atoms. The summed E-state index contributed by atoms with van der Waals surface area (Å²) in [7, 11) is 0. The summed E-state index contributed by atoms with van der Waals surface area (Å²) in [6, 6.07) is 9.04. The molecular formula is C26H38N4O4S. The Morgan fingerprint density at radius 2 is 1.77 bits per heavy atom. The quantitative estimate of drug-likeness (QED) is 0.416. The Balaban J connectivity index is 0.00000145. The number of aromatic nitrogens is 3. The van der Waals surface area contributed by atoms with E-state index < -0.39 is 11.4 Å². The van der Waals surface area contributed by atoms with Gasteiger partial charge in [0.2, 0.25) is 0 Å². The van der Waals surface area contributed by atoms with Crippen LogP contribution in [0.1, 0.15) is 69.4 Å². The molecule has 3 aromatic heterocycles. The number of hydrogen-bond donors (Lipinski definition) is 2. The zero-order valence-electron chi connectivity index (χ0n) is 22.0. The minimum absolute atomic E-state index is 0.0620. The fourth-order valence-corrected chi connectivity index (χ4v) is 3.82. The Hall–Kier alpha value is -3.20. The molecule has 0 atom stereocenters. The van der Waals surface area contributed by atoms with E-state index >= 15 is 0 Å². The van der Waals surface area contributed by atoms with Crippen LogP contribution in [0.5, 0.6) is 0 Å². The van der Waals surface area contributed by atoms with Crippen molar-refractivity contribution in [3.63, 3.8) is 0 Å². The van der Waals surface area contributed by atoms with Crippen LogP contribution in [0.4, 0.5) is 5.82 Å². The van der Waals surface area contributed by atoms with Crippen molar-refractivity contribution in [3.8, 4) is 11.3 Å². The molecule has 3 aromatic rings. The van der Waals surface area contributed by atoms with E-state index in [4.69, 9.17) is 5.11 Å². The molecule has 0 saturated carbocycles. The van der Waals surface area contributed by atoms with Gasteiger partial charge in [0.15, 0.2) is 0 Å². The maximum Gasteiger partial charge on any atom is 0.305 e. The van der Waals surface area contributed by atoms with Crippen molar-refractivity contribution in [1.82, 2.24) is 14.3 Å². The zero-order chi connectivity index (χ0) is 26.8. The molecule has 0 spiro atoms. The number of nitrogens with one attached hydrogen (secondary N) is 1. The van der Waals surface area contributed by atoms with Crippen LogP contribution in [0.3, 0.4) is 0 Å². The van der Waals surface area contributed by atoms with E-state index in [0.29, 0.717) is 23.6 Å². The predicted molar refractivity (Wildman–Crippen MR) is 143 cm³/mol. The predicted octanol–water partition coefficient (Wildman–Crippen LogP) is 5.91. The van der Waals surface area contributed by atoms with Crippen LogP contribution in [0.2, 0.25) is 0 Å². The first-order chi connectivity index (χ1) is 16.6. The van der Waals surface area contributed by atoms with E-state index in [1.165, 1.54) is 14.1 Å². The number of hydrogen-bond acceptors (Lipinski definition) is 6. The number of pyridine rings is 1. The third kappa shape index (κ3) is 8.20. The number of carboxylic acid groups (broad SMARTS) is 1. The highest BCUT2D eigenvalue weighted by Gasteiger charge is 2.27. The van der Waals surface area contributed by atoms with E-state index in [2.05, 4.69) is 10.4 Å². The second kappa shape index (κ2) is 13.6. The van der Waals surface area contributed by atoms with Crippen LogP contribution in [0.15, 0.2) is 41.3 Å². The fourth-order valence-electron chi connectivity index (χ4n) is 2.99. The molecule has 192 valence electrons. The van der Waals surface area contributed by atoms with Gasteiger partial charge in [-0.3, -0.25) is 14.4 Å². The van der Waals surface area contributed by atoms with Gasteiger partial charge in [0, 0.05) is 34.0 Å². The van der Waals surface area contributed by atoms with Crippen LogP contribution >= 0.6 is 11.3 Å². The Labute approximate surface area is 211 Å². The normalized spacial score (nSPS) is 10.5. The first kappa shape index (κ1) is 29.8. The number of carbonyl (C=O) groups is 2. The number of nitrogens with zero attached hydrogens (tertiary/aromatic N) is 3. The molecule has 0 unspecified atom stereocenters. The first-order valence-corrected chi connectivity index (χ1v) is 12.7. The Kier molecular flexibility index (Phi) is 11.6. The lowest BCUT2D eigenvalue weighted by atomic mass is 9.96. The van der Waals surface area contributed by atoms with E-state index in [1.807, 2.05) is 67.5 Å². The molecule has 0 amide bonds. The number of carboxylic acids is 1. The number of anilines is 1. The largest absolute Gasteiger partial charge is 0.481 e. The Morgan fingerprint density at radius 1 is 1.11 bits per heavy atom. The molecular weight excluding hydrogens is 464 g/mol. The molecule has 0 aliphatic carbocycles. The number of carbonyl (C=O) groups excluding carboxylic acids is 1. The molecule has 0 radical (unpaired) electrons. The van der Waals surface area contributed by atoms with Crippen molar-refractivity contribution in [3.05, 3.63) is 56.6 Å². The summed E-state index contributed by atoms with van der Waals surface area (Å²) in [5.41, 5.74) is -0.352. The summed E-state index contributed by atoms with van der Waals surface area (Å²) in [5, 5.41) is 16.6. The van der Waals surface area contributed by atoms with Gasteiger partial charge in [-0.15, -0.1) is 11.3 Å². The van der Waals surface area contributed by atoms with E-state index in [9.17, 15) is 14.4 Å². The first-order valence-electron chi connectivity index (χ1n) is 11.9. The van der Waals surface area contributed by atoms with Crippen molar-refractivity contribution in [2.24, 2.45) is 5.41 Å². The van der Waals surface area contributed by atoms with Gasteiger partial charge >= 0.3 is 5.97 Å². The second-order valence-corrected chi connectivity index (χ2v) is 9.68. The van der Waals surface area contributed by atoms with Gasteiger partial charge in [-0.1, -0.05) is 48.5 Å². The molecule has 8 nitrogen and oxygen atoms in total. The van der Waals surface area contributed by atoms with E-state index in [0.717, 1.165) is 4.88 Å². The van der Waals surface area contributed by atoms with Crippen LogP contribution in [-0.2, 0) is 17.9 Å². The number of aryl methyl sites for hydroxylation is 2. The topological polar surface area (TPSA) is 106 Å². The Bertz CT molecular complexity index is 1170. The summed E-state index contributed by atoms with van der Waals surface area (Å²) in [5.74, 6) is -0.681. The molecule has 9 heteroatoms. The van der Waals surface area contributed by atoms with Gasteiger partial charge in [-0.25, -0.2) is 0 Å². The van der Waals surface area contributed by atoms with Crippen molar-refractivity contribution in [2.75, 3.05) is 5.32 Å². The maximum atomic E-state index is 13.0. The summed E-state index contributed by atoms with van der Waals surface area (Å²) in [6.45, 7) is 16.1. The standard InChI is InChI=1S/C22H26N4O4S.2C2H6/c1-14-7-8-15(31-14)13-23-18-12-17(24-26(18)21(30)22(2,3)4)16-6-5-10-25(20(16)29)11-9-19(27)28;2*1-2/h5-8,10,12,23H,9,11,13H2,1-4H3,(H,27,28);2*1-2H3. The smallest absolute Gasteiger partial charge is 0.305 e. The molecule has 0 fully saturated rings. The van der Waals surface area contributed by atoms with Crippen LogP contribution in [0.25, 0.3) is 11.3 Å². The molecule has 3 heterocycles. The van der Waals surface area contributed by atoms with Crippen LogP contribution in [-0.4, -0.2) is 31.3 Å². The number of rotatable bonds is 7. The third-order valence-corrected chi connectivity index (χ3v) is 5.65. The van der Waals surface area contributed by atoms with Crippen molar-refractivity contribution in [1.29, 1.82) is 0 Å². The van der Waals surface area contributed by atoms with Gasteiger partial charge in [-0.2, -0.15) is 9.78 Å². The van der Waals surface area contributed by atoms with Crippen LogP contribution in [0, 0.1) is 12.3 Å². The fraction of sp³-hybridized carbons (Fsp3) is 0.462. The Morgan fingerprint density at radius 3 is 2.31 bits per heavy atom. The van der Waals surface area contributed by atoms with Crippen molar-refractivity contribution >= 4 is 29.0 Å². The number of aliphatic carboxylic acids is 1. The van der Waals surface area contributed by atoms with Crippen molar-refractivity contribution < 1.29 is 14.7 Å². The summed E-state index contributed by atoms with van der Waals surface area (Å²) in [4.78, 5) is 39.0. The molecule has 35 heavy (non-hydrogen) atoms. The van der Waals surface area contributed by atoms with Crippen molar-refractivity contribution in [2.45, 2.75) is 74.9 Å². The van der Waals surface area contributed by atoms with Gasteiger partial charge < -0.3 is 15.0 Å². The van der Waals surface area contributed by atoms with E-state index in [-0.39, 0.29) is 24.4 Å². The monoisotopic (exact) mass is 502 g/mol. The zero-order valence-corrected chi connectivity index (χ0v) is 22.8. The summed E-state index contributed by atoms with van der Waals surface area (Å²) in [6.07, 6.45) is 1.39.